The van der Waals surface area contributed by atoms with E-state index in [0.717, 1.165) is 115 Å². The van der Waals surface area contributed by atoms with E-state index in [-0.39, 0.29) is 88.1 Å². The zero-order valence-corrected chi connectivity index (χ0v) is 81.2. The average Bonchev–Trinajstić information content (AvgIpc) is 1.57. The molecule has 6 amide bonds. The Balaban J connectivity index is 0.000000176. The summed E-state index contributed by atoms with van der Waals surface area (Å²) in [5.74, 6) is -5.42. The molecule has 7 N–H and O–H groups in total. The van der Waals surface area contributed by atoms with Crippen LogP contribution in [0.25, 0.3) is 89.5 Å². The SMILES string of the molecule is CCN(CC)C(C(=O)N1CCC[C@H]1c1ncc(-c2ccc(-c3ccc4c(c3)C(F)(F)c3cc(-c5cnc([C@@H]6CCCN6C(=O)[C@@H](NC(=O)OC)C(C)C)[nH]5)ccc3-4)cc2)[nH]1)c1ccccc1.CCN(CC)C(C(=O)O)c1ccccc1.COC(=O)N[C@H](C(=O)N1CCC[C@H]1c1ncc(-c2ccc3c(c2)C(F)(F)c2cc(-c4ccc(-c5cnc([C@@H]6CCCN6C(=O)OC(C)(C)C)[nH]5)cc4)ccc2-3)[nH]1)C(C)C. The van der Waals surface area contributed by atoms with Crippen LogP contribution in [-0.2, 0) is 45.2 Å². The van der Waals surface area contributed by atoms with Gasteiger partial charge in [-0.1, -0.05) is 213 Å². The average molecular weight is 1910 g/mol. The number of likely N-dealkylation sites (tertiary alicyclic amines) is 4. The number of imidazole rings is 4. The lowest BCUT2D eigenvalue weighted by atomic mass is 9.97. The Hall–Kier alpha value is -14.1. The van der Waals surface area contributed by atoms with Crippen molar-refractivity contribution >= 4 is 42.0 Å². The van der Waals surface area contributed by atoms with Gasteiger partial charge in [0.2, 0.25) is 17.7 Å². The molecule has 4 saturated heterocycles. The van der Waals surface area contributed by atoms with Gasteiger partial charge in [-0.2, -0.15) is 17.6 Å². The number of benzene rings is 8. The quantitative estimate of drug-likeness (QED) is 0.0196. The van der Waals surface area contributed by atoms with Crippen LogP contribution in [0.1, 0.15) is 220 Å². The Labute approximate surface area is 812 Å². The van der Waals surface area contributed by atoms with E-state index in [4.69, 9.17) is 19.2 Å². The van der Waals surface area contributed by atoms with Crippen LogP contribution in [-0.4, -0.2) is 201 Å². The van der Waals surface area contributed by atoms with Crippen LogP contribution in [0.3, 0.4) is 0 Å². The summed E-state index contributed by atoms with van der Waals surface area (Å²) in [6.45, 7) is 26.4. The number of ether oxygens (including phenoxy) is 3. The highest BCUT2D eigenvalue weighted by atomic mass is 19.3. The molecule has 8 heterocycles. The highest BCUT2D eigenvalue weighted by Gasteiger charge is 2.49. The van der Waals surface area contributed by atoms with Gasteiger partial charge in [0.05, 0.1) is 86.0 Å². The van der Waals surface area contributed by atoms with Gasteiger partial charge < -0.3 is 64.6 Å². The number of carbonyl (C=O) groups excluding carboxylic acids is 6. The molecule has 31 heteroatoms. The predicted molar refractivity (Wildman–Crippen MR) is 527 cm³/mol. The Morgan fingerprint density at radius 1 is 0.407 bits per heavy atom. The van der Waals surface area contributed by atoms with E-state index in [1.54, 1.807) is 75.9 Å². The van der Waals surface area contributed by atoms with Crippen molar-refractivity contribution in [2.45, 2.75) is 193 Å². The van der Waals surface area contributed by atoms with Gasteiger partial charge in [0.1, 0.15) is 53.1 Å². The minimum absolute atomic E-state index is 0.0497. The number of hydrogen-bond donors (Lipinski definition) is 7. The summed E-state index contributed by atoms with van der Waals surface area (Å²) in [6, 6.07) is 51.9. The third-order valence-corrected chi connectivity index (χ3v) is 27.7. The molecular formula is C109H122F4N16O11. The number of carboxylic acid groups (broad SMARTS) is 1. The third kappa shape index (κ3) is 20.4. The van der Waals surface area contributed by atoms with Crippen LogP contribution >= 0.6 is 0 Å². The van der Waals surface area contributed by atoms with Crippen molar-refractivity contribution in [1.29, 1.82) is 0 Å². The van der Waals surface area contributed by atoms with Crippen molar-refractivity contribution in [3.8, 4) is 89.5 Å². The number of fused-ring (bicyclic) bond motifs is 6. The normalized spacial score (nSPS) is 17.9. The molecule has 2 aliphatic carbocycles. The smallest absolute Gasteiger partial charge is 0.410 e. The molecule has 0 spiro atoms. The molecule has 8 atom stereocenters. The van der Waals surface area contributed by atoms with E-state index in [1.807, 2.05) is 206 Å². The van der Waals surface area contributed by atoms with E-state index in [2.05, 4.69) is 64.3 Å². The van der Waals surface area contributed by atoms with Crippen molar-refractivity contribution in [3.05, 3.63) is 263 Å². The minimum atomic E-state index is -3.25. The van der Waals surface area contributed by atoms with Crippen LogP contribution in [0.4, 0.5) is 31.9 Å². The lowest BCUT2D eigenvalue weighted by Gasteiger charge is -2.34. The molecule has 732 valence electrons. The zero-order valence-electron chi connectivity index (χ0n) is 81.2. The fourth-order valence-electron chi connectivity index (χ4n) is 20.4. The molecule has 12 aromatic rings. The number of nitrogens with zero attached hydrogens (tertiary/aromatic N) is 10. The van der Waals surface area contributed by atoms with Crippen molar-refractivity contribution in [2.75, 3.05) is 66.6 Å². The molecular weight excluding hydrogens is 1790 g/mol. The molecule has 18 rings (SSSR count). The van der Waals surface area contributed by atoms with Crippen LogP contribution in [0, 0.1) is 11.8 Å². The third-order valence-electron chi connectivity index (χ3n) is 27.7. The molecule has 4 fully saturated rings. The number of aromatic amines is 4. The second kappa shape index (κ2) is 41.9. The largest absolute Gasteiger partial charge is 0.480 e. The first kappa shape index (κ1) is 99.0. The van der Waals surface area contributed by atoms with Crippen molar-refractivity contribution in [1.82, 2.24) is 79.9 Å². The molecule has 2 unspecified atom stereocenters. The second-order valence-corrected chi connectivity index (χ2v) is 38.1. The van der Waals surface area contributed by atoms with E-state index < -0.39 is 53.7 Å². The molecule has 4 aliphatic heterocycles. The highest BCUT2D eigenvalue weighted by Crippen LogP contribution is 2.55. The fraction of sp³-hybridized carbons (Fsp3) is 0.385. The van der Waals surface area contributed by atoms with Crippen LogP contribution in [0.2, 0.25) is 0 Å². The number of nitrogens with one attached hydrogen (secondary N) is 6. The van der Waals surface area contributed by atoms with Crippen LogP contribution < -0.4 is 10.6 Å². The van der Waals surface area contributed by atoms with E-state index in [1.165, 1.54) is 26.4 Å². The maximum absolute atomic E-state index is 16.5. The molecule has 8 aromatic carbocycles. The number of alkyl halides is 4. The number of rotatable bonds is 26. The molecule has 4 aromatic heterocycles. The number of methoxy groups -OCH3 is 2. The lowest BCUT2D eigenvalue weighted by molar-refractivity contribution is -0.143. The fourth-order valence-corrected chi connectivity index (χ4v) is 20.4. The van der Waals surface area contributed by atoms with Crippen molar-refractivity contribution in [2.24, 2.45) is 11.8 Å². The number of alkyl carbamates (subject to hydrolysis) is 2. The number of hydrogen-bond acceptors (Lipinski definition) is 16. The van der Waals surface area contributed by atoms with Gasteiger partial charge in [-0.3, -0.25) is 33.9 Å². The summed E-state index contributed by atoms with van der Waals surface area (Å²) in [7, 11) is 2.51. The van der Waals surface area contributed by atoms with E-state index in [9.17, 15) is 38.7 Å². The summed E-state index contributed by atoms with van der Waals surface area (Å²) < 4.78 is 80.9. The number of aliphatic carboxylic acids is 1. The minimum Gasteiger partial charge on any atom is -0.480 e. The molecule has 0 radical (unpaired) electrons. The number of carboxylic acids is 1. The van der Waals surface area contributed by atoms with E-state index >= 15 is 17.6 Å². The van der Waals surface area contributed by atoms with Crippen molar-refractivity contribution in [3.63, 3.8) is 0 Å². The maximum atomic E-state index is 16.5. The first-order chi connectivity index (χ1) is 67.2. The van der Waals surface area contributed by atoms with Gasteiger partial charge in [0, 0.05) is 59.6 Å². The van der Waals surface area contributed by atoms with Gasteiger partial charge in [-0.15, -0.1) is 0 Å². The van der Waals surface area contributed by atoms with E-state index in [0.29, 0.717) is 112 Å². The second-order valence-electron chi connectivity index (χ2n) is 38.1. The number of H-pyrrole nitrogens is 4. The van der Waals surface area contributed by atoms with Gasteiger partial charge in [-0.25, -0.2) is 34.3 Å². The molecule has 0 bridgehead atoms. The summed E-state index contributed by atoms with van der Waals surface area (Å²) in [4.78, 5) is 133. The highest BCUT2D eigenvalue weighted by molar-refractivity contribution is 5.90. The number of halogens is 4. The van der Waals surface area contributed by atoms with Gasteiger partial charge in [0.15, 0.2) is 0 Å². The number of carbonyl (C=O) groups is 7. The Bertz CT molecular complexity index is 6460. The van der Waals surface area contributed by atoms with Gasteiger partial charge in [-0.05, 0) is 201 Å². The zero-order chi connectivity index (χ0) is 99.3. The Kier molecular flexibility index (Phi) is 29.6. The first-order valence-corrected chi connectivity index (χ1v) is 48.4. The Morgan fingerprint density at radius 3 is 1.01 bits per heavy atom. The summed E-state index contributed by atoms with van der Waals surface area (Å²) in [5.41, 5.74) is 11.5. The Morgan fingerprint density at radius 2 is 0.693 bits per heavy atom. The van der Waals surface area contributed by atoms with Gasteiger partial charge >= 0.3 is 24.2 Å². The number of amides is 6. The number of aromatic nitrogens is 8. The first-order valence-electron chi connectivity index (χ1n) is 48.4. The molecule has 6 aliphatic rings. The summed E-state index contributed by atoms with van der Waals surface area (Å²) >= 11 is 0. The lowest BCUT2D eigenvalue weighted by Crippen LogP contribution is -2.51. The summed E-state index contributed by atoms with van der Waals surface area (Å²) in [5, 5.41) is 14.5. The topological polar surface area (TPSA) is 326 Å². The van der Waals surface area contributed by atoms with Gasteiger partial charge in [0.25, 0.3) is 11.8 Å². The monoisotopic (exact) mass is 1910 g/mol. The molecule has 140 heavy (non-hydrogen) atoms. The molecule has 0 saturated carbocycles. The van der Waals surface area contributed by atoms with Crippen LogP contribution in [0.15, 0.2) is 207 Å². The van der Waals surface area contributed by atoms with Crippen LogP contribution in [0.5, 0.6) is 0 Å². The predicted octanol–water partition coefficient (Wildman–Crippen LogP) is 21.6. The molecule has 27 nitrogen and oxygen atoms in total. The van der Waals surface area contributed by atoms with Crippen molar-refractivity contribution < 1.29 is 70.4 Å². The summed E-state index contributed by atoms with van der Waals surface area (Å²) in [6.07, 6.45) is 11.3. The number of likely N-dealkylation sites (N-methyl/N-ethyl adjacent to an activating group) is 2. The maximum Gasteiger partial charge on any atom is 0.410 e. The standard InChI is InChI=1S/C52H56F2N8O4.C45H49F2N7O5.C12H17NO2/c1-6-60(7-2)46(34-13-9-8-10-14-34)50(64)62-26-12-16-44(62)48-55-29-41(57-48)33-19-17-32(18-20-33)35-21-23-37-38-24-22-36(28-40(38)52(53,54)39(37)27-35)42-30-56-47(58-42)43-15-11-25-61(43)49(63)45(31(3)4)59-51(65)66-5;1-25(2)38(52-42(56)58-6)41(55)53-19-7-9-36(53)39-49-24-35(51-39)29-16-18-31-30-17-15-28(21-32(30)45(46,47)33(31)22-29)26-11-13-27(14-12-26)34-23-48-40(50-34)37-10-8-20-54(37)43(57)59-44(3,4)5;1-3-13(4-2)11(12(14)15)10-8-6-5-7-9-10/h8-10,13-14,17-24,27-31,43-46H,6-7,11-12,15-16,25-26H2,1-5H3,(H,55,57)(H,56,58)(H,59,65);11-18,21-25,36-38H,7-10,19-20H2,1-6H3,(H,48,50)(H,49,51)(H,52,56);5-9,11H,3-4H2,1-2H3,(H,14,15)/t43-,44-,45-,46?;36-,37-,38-;/m00./s1.